The molecule has 0 aromatic heterocycles. The predicted molar refractivity (Wildman–Crippen MR) is 124 cm³/mol. The van der Waals surface area contributed by atoms with Crippen molar-refractivity contribution in [1.29, 1.82) is 0 Å². The van der Waals surface area contributed by atoms with E-state index in [0.717, 1.165) is 39.1 Å². The smallest absolute Gasteiger partial charge is 0.123 e. The summed E-state index contributed by atoms with van der Waals surface area (Å²) in [6, 6.07) is 19.8. The van der Waals surface area contributed by atoms with Gasteiger partial charge in [0.1, 0.15) is 12.4 Å². The van der Waals surface area contributed by atoms with Crippen LogP contribution in [0, 0.1) is 6.92 Å². The van der Waals surface area contributed by atoms with E-state index in [1.54, 1.807) is 0 Å². The van der Waals surface area contributed by atoms with Gasteiger partial charge in [-0.15, -0.1) is 0 Å². The van der Waals surface area contributed by atoms with Crippen molar-refractivity contribution in [2.24, 2.45) is 0 Å². The molecule has 0 spiro atoms. The van der Waals surface area contributed by atoms with Crippen molar-refractivity contribution in [1.82, 2.24) is 0 Å². The van der Waals surface area contributed by atoms with Crippen LogP contribution in [0.4, 0.5) is 0 Å². The molecule has 0 atom stereocenters. The second-order valence-electron chi connectivity index (χ2n) is 8.00. The molecule has 3 rings (SSSR count). The Kier molecular flexibility index (Phi) is 7.50. The summed E-state index contributed by atoms with van der Waals surface area (Å²) in [5.74, 6) is 0.803. The van der Waals surface area contributed by atoms with Crippen LogP contribution in [0.2, 0.25) is 0 Å². The maximum Gasteiger partial charge on any atom is 0.123 e. The lowest BCUT2D eigenvalue weighted by Gasteiger charge is -2.26. The molecule has 4 nitrogen and oxygen atoms in total. The van der Waals surface area contributed by atoms with E-state index in [1.807, 2.05) is 75.4 Å². The van der Waals surface area contributed by atoms with Gasteiger partial charge < -0.3 is 20.1 Å². The highest BCUT2D eigenvalue weighted by atomic mass is 16.5. The highest BCUT2D eigenvalue weighted by Crippen LogP contribution is 2.32. The zero-order valence-electron chi connectivity index (χ0n) is 18.6. The van der Waals surface area contributed by atoms with Crippen molar-refractivity contribution in [3.8, 4) is 16.9 Å². The van der Waals surface area contributed by atoms with Crippen LogP contribution in [-0.2, 0) is 25.4 Å². The fraction of sp³-hybridized carbons (Fsp3) is 0.333. The summed E-state index contributed by atoms with van der Waals surface area (Å²) in [5.41, 5.74) is 5.71. The van der Waals surface area contributed by atoms with Gasteiger partial charge in [0, 0.05) is 0 Å². The first kappa shape index (κ1) is 23.0. The van der Waals surface area contributed by atoms with Crippen molar-refractivity contribution in [3.05, 3.63) is 88.5 Å². The number of hydrogen-bond acceptors (Lipinski definition) is 4. The average molecular weight is 421 g/mol. The number of hydrogen-bond donors (Lipinski definition) is 3. The van der Waals surface area contributed by atoms with Crippen molar-refractivity contribution >= 4 is 0 Å². The highest BCUT2D eigenvalue weighted by Gasteiger charge is 2.24. The Morgan fingerprint density at radius 3 is 2.03 bits per heavy atom. The number of benzene rings is 3. The summed E-state index contributed by atoms with van der Waals surface area (Å²) in [5, 5.41) is 29.6. The molecular formula is C27H32O4. The lowest BCUT2D eigenvalue weighted by atomic mass is 9.87. The third-order valence-corrected chi connectivity index (χ3v) is 6.12. The molecule has 3 aromatic rings. The fourth-order valence-electron chi connectivity index (χ4n) is 3.80. The van der Waals surface area contributed by atoms with Gasteiger partial charge in [-0.05, 0) is 70.8 Å². The largest absolute Gasteiger partial charge is 0.489 e. The van der Waals surface area contributed by atoms with Gasteiger partial charge >= 0.3 is 0 Å². The number of aliphatic hydroxyl groups excluding tert-OH is 2. The van der Waals surface area contributed by atoms with Crippen LogP contribution in [0.3, 0.4) is 0 Å². The Labute approximate surface area is 184 Å². The van der Waals surface area contributed by atoms with Gasteiger partial charge in [0.25, 0.3) is 0 Å². The SMILES string of the molecule is CCC(O)(CC)c1ccc(-c2ccc(C)c(OCc3ccc(CO)c(CO)c3)c2)cc1. The average Bonchev–Trinajstić information content (AvgIpc) is 2.82. The molecule has 0 bridgehead atoms. The van der Waals surface area contributed by atoms with E-state index < -0.39 is 5.60 Å². The standard InChI is InChI=1S/C27H32O4/c1-4-27(30,5-2)25-12-10-21(11-13-25)22-8-6-19(3)26(15-22)31-18-20-7-9-23(16-28)24(14-20)17-29/h6-15,28-30H,4-5,16-18H2,1-3H3. The van der Waals surface area contributed by atoms with Crippen molar-refractivity contribution in [2.45, 2.75) is 59.0 Å². The van der Waals surface area contributed by atoms with Crippen molar-refractivity contribution in [3.63, 3.8) is 0 Å². The maximum atomic E-state index is 10.7. The van der Waals surface area contributed by atoms with Crippen LogP contribution >= 0.6 is 0 Å². The van der Waals surface area contributed by atoms with Gasteiger partial charge in [0.05, 0.1) is 18.8 Å². The van der Waals surface area contributed by atoms with E-state index in [9.17, 15) is 15.3 Å². The summed E-state index contributed by atoms with van der Waals surface area (Å²) in [6.07, 6.45) is 1.37. The molecular weight excluding hydrogens is 388 g/mol. The van der Waals surface area contributed by atoms with Crippen LogP contribution in [0.25, 0.3) is 11.1 Å². The van der Waals surface area contributed by atoms with E-state index in [0.29, 0.717) is 25.0 Å². The molecule has 0 aliphatic heterocycles. The minimum Gasteiger partial charge on any atom is -0.489 e. The topological polar surface area (TPSA) is 69.9 Å². The monoisotopic (exact) mass is 420 g/mol. The van der Waals surface area contributed by atoms with E-state index >= 15 is 0 Å². The van der Waals surface area contributed by atoms with Crippen LogP contribution in [-0.4, -0.2) is 15.3 Å². The molecule has 0 amide bonds. The molecule has 164 valence electrons. The lowest BCUT2D eigenvalue weighted by molar-refractivity contribution is 0.0284. The van der Waals surface area contributed by atoms with Crippen LogP contribution in [0.5, 0.6) is 5.75 Å². The first-order valence-corrected chi connectivity index (χ1v) is 10.8. The molecule has 3 N–H and O–H groups in total. The third-order valence-electron chi connectivity index (χ3n) is 6.12. The Bertz CT molecular complexity index is 1000. The Morgan fingerprint density at radius 2 is 1.42 bits per heavy atom. The van der Waals surface area contributed by atoms with Crippen molar-refractivity contribution in [2.75, 3.05) is 0 Å². The van der Waals surface area contributed by atoms with Crippen molar-refractivity contribution < 1.29 is 20.1 Å². The van der Waals surface area contributed by atoms with E-state index in [-0.39, 0.29) is 13.2 Å². The van der Waals surface area contributed by atoms with E-state index in [1.165, 1.54) is 0 Å². The van der Waals surface area contributed by atoms with E-state index in [4.69, 9.17) is 4.74 Å². The first-order valence-electron chi connectivity index (χ1n) is 10.8. The Morgan fingerprint density at radius 1 is 0.774 bits per heavy atom. The van der Waals surface area contributed by atoms with Crippen LogP contribution in [0.15, 0.2) is 60.7 Å². The maximum absolute atomic E-state index is 10.7. The summed E-state index contributed by atoms with van der Waals surface area (Å²) in [7, 11) is 0. The highest BCUT2D eigenvalue weighted by molar-refractivity contribution is 5.66. The number of aryl methyl sites for hydroxylation is 1. The second-order valence-corrected chi connectivity index (χ2v) is 8.00. The normalized spacial score (nSPS) is 11.5. The summed E-state index contributed by atoms with van der Waals surface area (Å²) >= 11 is 0. The minimum atomic E-state index is -0.779. The zero-order chi connectivity index (χ0) is 22.4. The van der Waals surface area contributed by atoms with E-state index in [2.05, 4.69) is 6.07 Å². The molecule has 0 radical (unpaired) electrons. The molecule has 0 fully saturated rings. The van der Waals surface area contributed by atoms with Crippen LogP contribution in [0.1, 0.15) is 54.5 Å². The number of aliphatic hydroxyl groups is 3. The second kappa shape index (κ2) is 10.1. The van der Waals surface area contributed by atoms with Gasteiger partial charge in [0.2, 0.25) is 0 Å². The van der Waals surface area contributed by atoms with Gasteiger partial charge in [-0.1, -0.05) is 62.4 Å². The van der Waals surface area contributed by atoms with Gasteiger partial charge in [-0.3, -0.25) is 0 Å². The fourth-order valence-corrected chi connectivity index (χ4v) is 3.80. The lowest BCUT2D eigenvalue weighted by Crippen LogP contribution is -2.23. The Hall–Kier alpha value is -2.66. The summed E-state index contributed by atoms with van der Waals surface area (Å²) < 4.78 is 6.09. The zero-order valence-corrected chi connectivity index (χ0v) is 18.6. The van der Waals surface area contributed by atoms with Gasteiger partial charge in [-0.2, -0.15) is 0 Å². The molecule has 0 heterocycles. The molecule has 0 aliphatic rings. The molecule has 0 saturated heterocycles. The molecule has 3 aromatic carbocycles. The minimum absolute atomic E-state index is 0.0924. The molecule has 4 heteroatoms. The third kappa shape index (κ3) is 5.16. The molecule has 0 aliphatic carbocycles. The molecule has 0 saturated carbocycles. The number of rotatable bonds is 9. The van der Waals surface area contributed by atoms with Gasteiger partial charge in [-0.25, -0.2) is 0 Å². The van der Waals surface area contributed by atoms with Crippen LogP contribution < -0.4 is 4.74 Å². The van der Waals surface area contributed by atoms with Gasteiger partial charge in [0.15, 0.2) is 0 Å². The first-order chi connectivity index (χ1) is 14.9. The predicted octanol–water partition coefficient (Wildman–Crippen LogP) is 5.23. The summed E-state index contributed by atoms with van der Waals surface area (Å²) in [6.45, 7) is 6.19. The molecule has 31 heavy (non-hydrogen) atoms. The number of ether oxygens (including phenoxy) is 1. The molecule has 0 unspecified atom stereocenters. The quantitative estimate of drug-likeness (QED) is 0.443. The summed E-state index contributed by atoms with van der Waals surface area (Å²) in [4.78, 5) is 0. The Balaban J connectivity index is 1.79.